The molecule has 0 spiro atoms. The Bertz CT molecular complexity index is 654. The van der Waals surface area contributed by atoms with Crippen LogP contribution in [0.3, 0.4) is 0 Å². The van der Waals surface area contributed by atoms with Crippen molar-refractivity contribution in [2.45, 2.75) is 6.92 Å². The SMILES string of the molecule is Cc1cc[n+](/N=C(\[O-])SCC(=O)c2ccc(Cl)cc2)cc1. The molecule has 0 bridgehead atoms. The largest absolute Gasteiger partial charge is 0.850 e. The highest BCUT2D eigenvalue weighted by molar-refractivity contribution is 8.13. The number of Topliss-reactive ketones (excluding diaryl/α,β-unsaturated/α-hetero) is 1. The van der Waals surface area contributed by atoms with Gasteiger partial charge < -0.3 is 5.11 Å². The van der Waals surface area contributed by atoms with Gasteiger partial charge in [-0.1, -0.05) is 16.3 Å². The average Bonchev–Trinajstić information content (AvgIpc) is 2.48. The molecule has 21 heavy (non-hydrogen) atoms. The second-order valence-electron chi connectivity index (χ2n) is 4.34. The van der Waals surface area contributed by atoms with E-state index in [0.29, 0.717) is 10.6 Å². The van der Waals surface area contributed by atoms with Gasteiger partial charge in [-0.2, -0.15) is 0 Å². The lowest BCUT2D eigenvalue weighted by molar-refractivity contribution is -0.681. The van der Waals surface area contributed by atoms with Crippen molar-refractivity contribution < 1.29 is 14.6 Å². The molecule has 0 aliphatic carbocycles. The predicted octanol–water partition coefficient (Wildman–Crippen LogP) is 2.03. The van der Waals surface area contributed by atoms with Crippen molar-refractivity contribution in [1.82, 2.24) is 0 Å². The van der Waals surface area contributed by atoms with Gasteiger partial charge in [0.15, 0.2) is 5.78 Å². The Labute approximate surface area is 132 Å². The first kappa shape index (κ1) is 15.5. The second-order valence-corrected chi connectivity index (χ2v) is 5.70. The number of thioether (sulfide) groups is 1. The molecule has 2 rings (SSSR count). The summed E-state index contributed by atoms with van der Waals surface area (Å²) in [4.78, 5) is 11.9. The number of hydrogen-bond acceptors (Lipinski definition) is 4. The number of halogens is 1. The van der Waals surface area contributed by atoms with E-state index in [-0.39, 0.29) is 11.5 Å². The lowest BCUT2D eigenvalue weighted by atomic mass is 10.1. The zero-order valence-electron chi connectivity index (χ0n) is 11.3. The molecule has 0 unspecified atom stereocenters. The van der Waals surface area contributed by atoms with Crippen molar-refractivity contribution in [2.75, 3.05) is 5.75 Å². The van der Waals surface area contributed by atoms with Gasteiger partial charge in [0, 0.05) is 22.7 Å². The van der Waals surface area contributed by atoms with E-state index in [9.17, 15) is 9.90 Å². The molecule has 6 heteroatoms. The van der Waals surface area contributed by atoms with E-state index >= 15 is 0 Å². The molecule has 0 saturated carbocycles. The van der Waals surface area contributed by atoms with Crippen LogP contribution in [0.15, 0.2) is 53.9 Å². The van der Waals surface area contributed by atoms with Crippen LogP contribution in [0.4, 0.5) is 0 Å². The Morgan fingerprint density at radius 2 is 1.86 bits per heavy atom. The maximum absolute atomic E-state index is 11.9. The fourth-order valence-corrected chi connectivity index (χ4v) is 2.23. The monoisotopic (exact) mass is 320 g/mol. The smallest absolute Gasteiger partial charge is 0.202 e. The number of benzene rings is 1. The predicted molar refractivity (Wildman–Crippen MR) is 82.4 cm³/mol. The minimum atomic E-state index is -0.411. The number of ketones is 1. The van der Waals surface area contributed by atoms with Gasteiger partial charge in [0.1, 0.15) is 0 Å². The summed E-state index contributed by atoms with van der Waals surface area (Å²) in [7, 11) is 0. The van der Waals surface area contributed by atoms with Crippen molar-refractivity contribution >= 4 is 34.4 Å². The molecule has 2 aromatic rings. The summed E-state index contributed by atoms with van der Waals surface area (Å²) < 4.78 is 1.43. The maximum atomic E-state index is 11.9. The van der Waals surface area contributed by atoms with Gasteiger partial charge in [-0.3, -0.25) is 4.79 Å². The fraction of sp³-hybridized carbons (Fsp3) is 0.133. The van der Waals surface area contributed by atoms with Crippen molar-refractivity contribution in [3.63, 3.8) is 0 Å². The summed E-state index contributed by atoms with van der Waals surface area (Å²) in [5, 5.41) is 15.7. The van der Waals surface area contributed by atoms with Crippen LogP contribution in [0, 0.1) is 6.92 Å². The van der Waals surface area contributed by atoms with Crippen LogP contribution in [0.2, 0.25) is 5.02 Å². The summed E-state index contributed by atoms with van der Waals surface area (Å²) in [6.45, 7) is 1.95. The molecule has 108 valence electrons. The van der Waals surface area contributed by atoms with Crippen LogP contribution in [0.25, 0.3) is 0 Å². The summed E-state index contributed by atoms with van der Waals surface area (Å²) in [6.07, 6.45) is 3.38. The average molecular weight is 321 g/mol. The minimum absolute atomic E-state index is 0.0520. The molecule has 0 N–H and O–H groups in total. The summed E-state index contributed by atoms with van der Waals surface area (Å²) in [5.74, 6) is -0.0785. The van der Waals surface area contributed by atoms with E-state index < -0.39 is 5.23 Å². The van der Waals surface area contributed by atoms with E-state index in [1.807, 2.05) is 19.1 Å². The van der Waals surface area contributed by atoms with Crippen molar-refractivity contribution in [2.24, 2.45) is 5.10 Å². The molecule has 0 saturated heterocycles. The molecule has 0 amide bonds. The highest BCUT2D eigenvalue weighted by Gasteiger charge is 2.06. The van der Waals surface area contributed by atoms with Gasteiger partial charge in [0.25, 0.3) is 0 Å². The van der Waals surface area contributed by atoms with Crippen LogP contribution in [0.5, 0.6) is 0 Å². The zero-order valence-corrected chi connectivity index (χ0v) is 12.9. The Balaban J connectivity index is 1.94. The van der Waals surface area contributed by atoms with E-state index in [2.05, 4.69) is 5.10 Å². The number of hydrogen-bond donors (Lipinski definition) is 0. The van der Waals surface area contributed by atoms with E-state index in [4.69, 9.17) is 11.6 Å². The molecule has 0 aliphatic rings. The number of carbonyl (C=O) groups excluding carboxylic acids is 1. The summed E-state index contributed by atoms with van der Waals surface area (Å²) in [5.41, 5.74) is 1.61. The van der Waals surface area contributed by atoms with Crippen LogP contribution in [-0.4, -0.2) is 16.8 Å². The number of pyridine rings is 1. The molecule has 1 aromatic heterocycles. The van der Waals surface area contributed by atoms with Gasteiger partial charge in [-0.05, 0) is 41.9 Å². The normalized spacial score (nSPS) is 11.4. The van der Waals surface area contributed by atoms with Crippen molar-refractivity contribution in [3.05, 3.63) is 64.9 Å². The second kappa shape index (κ2) is 7.24. The van der Waals surface area contributed by atoms with Crippen LogP contribution < -0.4 is 9.78 Å². The molecule has 1 heterocycles. The third kappa shape index (κ3) is 4.88. The van der Waals surface area contributed by atoms with Crippen LogP contribution in [-0.2, 0) is 0 Å². The van der Waals surface area contributed by atoms with E-state index in [0.717, 1.165) is 17.3 Å². The van der Waals surface area contributed by atoms with E-state index in [1.165, 1.54) is 4.68 Å². The maximum Gasteiger partial charge on any atom is 0.202 e. The molecule has 0 atom stereocenters. The van der Waals surface area contributed by atoms with E-state index in [1.54, 1.807) is 36.7 Å². The Kier molecular flexibility index (Phi) is 5.36. The highest BCUT2D eigenvalue weighted by Crippen LogP contribution is 2.12. The highest BCUT2D eigenvalue weighted by atomic mass is 35.5. The molecule has 0 fully saturated rings. The first-order valence-electron chi connectivity index (χ1n) is 6.20. The Morgan fingerprint density at radius 3 is 2.48 bits per heavy atom. The van der Waals surface area contributed by atoms with Crippen LogP contribution in [0.1, 0.15) is 15.9 Å². The van der Waals surface area contributed by atoms with Crippen molar-refractivity contribution in [1.29, 1.82) is 0 Å². The Hall–Kier alpha value is -1.85. The molecule has 0 radical (unpaired) electrons. The van der Waals surface area contributed by atoms with Gasteiger partial charge in [0.05, 0.1) is 11.0 Å². The number of aromatic nitrogens is 1. The number of nitrogens with zero attached hydrogens (tertiary/aromatic N) is 2. The number of rotatable bonds is 4. The topological polar surface area (TPSA) is 56.4 Å². The summed E-state index contributed by atoms with van der Waals surface area (Å²) >= 11 is 6.63. The van der Waals surface area contributed by atoms with Gasteiger partial charge in [0.2, 0.25) is 12.4 Å². The fourth-order valence-electron chi connectivity index (χ4n) is 1.53. The molecule has 0 aliphatic heterocycles. The molecule has 1 aromatic carbocycles. The lowest BCUT2D eigenvalue weighted by Gasteiger charge is -2.05. The number of carbonyl (C=O) groups is 1. The first-order valence-corrected chi connectivity index (χ1v) is 7.56. The quantitative estimate of drug-likeness (QED) is 0.375. The van der Waals surface area contributed by atoms with Crippen molar-refractivity contribution in [3.8, 4) is 0 Å². The van der Waals surface area contributed by atoms with Gasteiger partial charge in [-0.15, -0.1) is 11.8 Å². The molecular weight excluding hydrogens is 308 g/mol. The Morgan fingerprint density at radius 1 is 1.24 bits per heavy atom. The molecule has 4 nitrogen and oxygen atoms in total. The van der Waals surface area contributed by atoms with Gasteiger partial charge in [-0.25, -0.2) is 0 Å². The summed E-state index contributed by atoms with van der Waals surface area (Å²) in [6, 6.07) is 10.3. The third-order valence-electron chi connectivity index (χ3n) is 2.67. The minimum Gasteiger partial charge on any atom is -0.850 e. The standard InChI is InChI=1S/C15H13ClN2O2S/c1-11-6-8-18(9-7-11)17-15(20)21-10-14(19)12-2-4-13(16)5-3-12/h2-9H,10H2,1H3. The number of aryl methyl sites for hydroxylation is 1. The van der Waals surface area contributed by atoms with Crippen LogP contribution >= 0.6 is 23.4 Å². The molecular formula is C15H13ClN2O2S. The lowest BCUT2D eigenvalue weighted by Crippen LogP contribution is -2.31. The van der Waals surface area contributed by atoms with Gasteiger partial charge >= 0.3 is 0 Å². The zero-order chi connectivity index (χ0) is 15.2. The third-order valence-corrected chi connectivity index (χ3v) is 3.66. The first-order chi connectivity index (χ1) is 10.0.